The second kappa shape index (κ2) is 5.60. The maximum absolute atomic E-state index is 6.10. The van der Waals surface area contributed by atoms with Gasteiger partial charge in [-0.2, -0.15) is 11.8 Å². The number of benzene rings is 1. The molecule has 5 heteroatoms. The number of nitrogen functional groups attached to an aromatic ring is 1. The molecule has 1 heterocycles. The van der Waals surface area contributed by atoms with Crippen LogP contribution in [0.3, 0.4) is 0 Å². The van der Waals surface area contributed by atoms with E-state index in [1.165, 1.54) is 0 Å². The van der Waals surface area contributed by atoms with Gasteiger partial charge in [-0.05, 0) is 30.1 Å². The van der Waals surface area contributed by atoms with Crippen LogP contribution in [0.25, 0.3) is 10.2 Å². The molecule has 0 fully saturated rings. The van der Waals surface area contributed by atoms with Crippen LogP contribution in [0.1, 0.15) is 6.92 Å². The summed E-state index contributed by atoms with van der Waals surface area (Å²) in [6, 6.07) is 4.12. The lowest BCUT2D eigenvalue weighted by Gasteiger charge is -2.14. The first-order chi connectivity index (χ1) is 8.22. The molecular weight excluding hydrogens is 250 g/mol. The Morgan fingerprint density at radius 3 is 3.12 bits per heavy atom. The topological polar surface area (TPSA) is 50.9 Å². The average molecular weight is 267 g/mol. The fourth-order valence-electron chi connectivity index (χ4n) is 1.73. The van der Waals surface area contributed by atoms with E-state index in [-0.39, 0.29) is 0 Å². The van der Waals surface area contributed by atoms with Crippen LogP contribution in [-0.2, 0) is 0 Å². The number of nitrogens with two attached hydrogens (primary N) is 1. The van der Waals surface area contributed by atoms with Crippen molar-refractivity contribution in [2.45, 2.75) is 6.92 Å². The van der Waals surface area contributed by atoms with E-state index in [0.29, 0.717) is 5.92 Å². The lowest BCUT2D eigenvalue weighted by Crippen LogP contribution is -2.14. The minimum absolute atomic E-state index is 0.635. The van der Waals surface area contributed by atoms with Gasteiger partial charge in [0.15, 0.2) is 0 Å². The van der Waals surface area contributed by atoms with Gasteiger partial charge < -0.3 is 11.1 Å². The fourth-order valence-corrected chi connectivity index (χ4v) is 3.11. The Morgan fingerprint density at radius 2 is 2.35 bits per heavy atom. The van der Waals surface area contributed by atoms with Crippen molar-refractivity contribution >= 4 is 44.7 Å². The maximum Gasteiger partial charge on any atom is 0.106 e. The highest BCUT2D eigenvalue weighted by atomic mass is 32.2. The predicted molar refractivity (Wildman–Crippen MR) is 80.1 cm³/mol. The first-order valence-electron chi connectivity index (χ1n) is 5.57. The van der Waals surface area contributed by atoms with Gasteiger partial charge in [0.25, 0.3) is 0 Å². The Labute approximate surface area is 110 Å². The van der Waals surface area contributed by atoms with Crippen LogP contribution in [-0.4, -0.2) is 23.5 Å². The normalized spacial score (nSPS) is 12.8. The van der Waals surface area contributed by atoms with Crippen molar-refractivity contribution in [3.8, 4) is 0 Å². The molecule has 0 saturated carbocycles. The van der Waals surface area contributed by atoms with E-state index in [4.69, 9.17) is 5.73 Å². The number of hydrogen-bond donors (Lipinski definition) is 2. The number of hydrogen-bond acceptors (Lipinski definition) is 5. The van der Waals surface area contributed by atoms with Gasteiger partial charge >= 0.3 is 0 Å². The van der Waals surface area contributed by atoms with E-state index in [1.54, 1.807) is 11.3 Å². The summed E-state index contributed by atoms with van der Waals surface area (Å²) in [7, 11) is 0. The fraction of sp³-hybridized carbons (Fsp3) is 0.417. The molecule has 0 aliphatic rings. The van der Waals surface area contributed by atoms with Crippen molar-refractivity contribution in [3.05, 3.63) is 17.6 Å². The molecule has 0 spiro atoms. The minimum atomic E-state index is 0.635. The molecule has 1 atom stereocenters. The van der Waals surface area contributed by atoms with E-state index < -0.39 is 0 Å². The lowest BCUT2D eigenvalue weighted by atomic mass is 10.2. The third-order valence-electron chi connectivity index (χ3n) is 2.63. The second-order valence-corrected chi connectivity index (χ2v) is 5.96. The van der Waals surface area contributed by atoms with Gasteiger partial charge in [-0.25, -0.2) is 4.98 Å². The molecule has 3 nitrogen and oxygen atoms in total. The first kappa shape index (κ1) is 12.5. The number of nitrogens with zero attached hydrogens (tertiary/aromatic N) is 1. The van der Waals surface area contributed by atoms with Crippen LogP contribution in [0, 0.1) is 5.92 Å². The number of aromatic nitrogens is 1. The average Bonchev–Trinajstić information content (AvgIpc) is 2.77. The first-order valence-corrected chi connectivity index (χ1v) is 7.84. The van der Waals surface area contributed by atoms with E-state index in [1.807, 2.05) is 23.3 Å². The van der Waals surface area contributed by atoms with Crippen molar-refractivity contribution in [3.63, 3.8) is 0 Å². The zero-order valence-corrected chi connectivity index (χ0v) is 11.7. The van der Waals surface area contributed by atoms with Gasteiger partial charge in [-0.3, -0.25) is 0 Å². The summed E-state index contributed by atoms with van der Waals surface area (Å²) >= 11 is 3.49. The molecule has 1 unspecified atom stereocenters. The van der Waals surface area contributed by atoms with E-state index in [0.717, 1.165) is 33.9 Å². The quantitative estimate of drug-likeness (QED) is 0.816. The molecule has 0 aliphatic heterocycles. The molecule has 0 radical (unpaired) electrons. The maximum atomic E-state index is 6.10. The lowest BCUT2D eigenvalue weighted by molar-refractivity contribution is 0.702. The van der Waals surface area contributed by atoms with Crippen LogP contribution < -0.4 is 11.1 Å². The van der Waals surface area contributed by atoms with Crippen LogP contribution in [0.4, 0.5) is 11.4 Å². The molecule has 1 aromatic heterocycles. The summed E-state index contributed by atoms with van der Waals surface area (Å²) in [6.45, 7) is 3.18. The summed E-state index contributed by atoms with van der Waals surface area (Å²) in [6.07, 6.45) is 2.13. The predicted octanol–water partition coefficient (Wildman–Crippen LogP) is 3.29. The summed E-state index contributed by atoms with van der Waals surface area (Å²) in [5.41, 5.74) is 10.6. The van der Waals surface area contributed by atoms with Gasteiger partial charge in [-0.15, -0.1) is 11.3 Å². The molecule has 92 valence electrons. The van der Waals surface area contributed by atoms with Crippen LogP contribution in [0.15, 0.2) is 17.6 Å². The van der Waals surface area contributed by atoms with Gasteiger partial charge in [-0.1, -0.05) is 6.92 Å². The summed E-state index contributed by atoms with van der Waals surface area (Å²) in [5, 5.41) is 3.41. The molecule has 0 amide bonds. The van der Waals surface area contributed by atoms with Crippen LogP contribution >= 0.6 is 23.1 Å². The van der Waals surface area contributed by atoms with Crippen molar-refractivity contribution in [2.75, 3.05) is 29.6 Å². The van der Waals surface area contributed by atoms with Crippen molar-refractivity contribution in [1.29, 1.82) is 0 Å². The smallest absolute Gasteiger partial charge is 0.106 e. The zero-order chi connectivity index (χ0) is 12.3. The van der Waals surface area contributed by atoms with Crippen molar-refractivity contribution < 1.29 is 0 Å². The Balaban J connectivity index is 2.10. The highest BCUT2D eigenvalue weighted by Crippen LogP contribution is 2.30. The second-order valence-electron chi connectivity index (χ2n) is 4.17. The molecule has 17 heavy (non-hydrogen) atoms. The summed E-state index contributed by atoms with van der Waals surface area (Å²) in [4.78, 5) is 4.29. The highest BCUT2D eigenvalue weighted by Gasteiger charge is 2.07. The number of thioether (sulfide) groups is 1. The molecule has 0 saturated heterocycles. The number of thiazole rings is 1. The molecule has 0 bridgehead atoms. The number of rotatable bonds is 5. The molecule has 3 N–H and O–H groups in total. The molecule has 2 aromatic rings. The third kappa shape index (κ3) is 2.84. The number of anilines is 2. The molecule has 1 aromatic carbocycles. The molecule has 2 rings (SSSR count). The Kier molecular flexibility index (Phi) is 4.12. The molecular formula is C12H17N3S2. The Morgan fingerprint density at radius 1 is 1.53 bits per heavy atom. The van der Waals surface area contributed by atoms with E-state index in [9.17, 15) is 0 Å². The molecule has 0 aliphatic carbocycles. The Bertz CT molecular complexity index is 495. The van der Waals surface area contributed by atoms with Gasteiger partial charge in [0.2, 0.25) is 0 Å². The van der Waals surface area contributed by atoms with E-state index in [2.05, 4.69) is 29.5 Å². The SMILES string of the molecule is CSCC(C)CNc1ccc2scnc2c1N. The van der Waals surface area contributed by atoms with Crippen LogP contribution in [0.5, 0.6) is 0 Å². The highest BCUT2D eigenvalue weighted by molar-refractivity contribution is 7.98. The third-order valence-corrected chi connectivity index (χ3v) is 4.33. The zero-order valence-electron chi connectivity index (χ0n) is 10.1. The Hall–Kier alpha value is -0.940. The van der Waals surface area contributed by atoms with Crippen molar-refractivity contribution in [2.24, 2.45) is 5.92 Å². The van der Waals surface area contributed by atoms with Gasteiger partial charge in [0, 0.05) is 6.54 Å². The van der Waals surface area contributed by atoms with Gasteiger partial charge in [0.1, 0.15) is 5.52 Å². The monoisotopic (exact) mass is 267 g/mol. The summed E-state index contributed by atoms with van der Waals surface area (Å²) < 4.78 is 1.14. The van der Waals surface area contributed by atoms with Crippen LogP contribution in [0.2, 0.25) is 0 Å². The number of fused-ring (bicyclic) bond motifs is 1. The standard InChI is InChI=1S/C12H17N3S2/c1-8(6-16-2)5-14-9-3-4-10-12(11(9)13)15-7-17-10/h3-4,7-8,14H,5-6,13H2,1-2H3. The summed E-state index contributed by atoms with van der Waals surface area (Å²) in [5.74, 6) is 1.79. The number of nitrogens with one attached hydrogen (secondary N) is 1. The van der Waals surface area contributed by atoms with E-state index >= 15 is 0 Å². The minimum Gasteiger partial charge on any atom is -0.395 e. The van der Waals surface area contributed by atoms with Crippen molar-refractivity contribution in [1.82, 2.24) is 4.98 Å². The largest absolute Gasteiger partial charge is 0.395 e. The van der Waals surface area contributed by atoms with Gasteiger partial charge in [0.05, 0.1) is 21.6 Å².